The molecule has 0 bridgehead atoms. The number of nitrogens with one attached hydrogen (secondary N) is 1. The third-order valence-electron chi connectivity index (χ3n) is 4.26. The van der Waals surface area contributed by atoms with Crippen LogP contribution < -0.4 is 14.3 Å². The van der Waals surface area contributed by atoms with Gasteiger partial charge in [-0.3, -0.25) is 4.79 Å². The summed E-state index contributed by atoms with van der Waals surface area (Å²) in [6.45, 7) is 1.86. The molecular weight excluding hydrogens is 564 g/mol. The maximum Gasteiger partial charge on any atom is 0.339 e. The molecule has 0 fully saturated rings. The Hall–Kier alpha value is -2.69. The number of nitrogens with zero attached hydrogens (tertiary/aromatic N) is 1. The van der Waals surface area contributed by atoms with Crippen LogP contribution in [0.1, 0.15) is 21.5 Å². The van der Waals surface area contributed by atoms with Crippen LogP contribution in [0.25, 0.3) is 0 Å². The fourth-order valence-corrected chi connectivity index (χ4v) is 4.34. The van der Waals surface area contributed by atoms with Crippen LogP contribution in [0, 0.1) is 6.92 Å². The number of ether oxygens (including phenoxy) is 1. The van der Waals surface area contributed by atoms with Crippen LogP contribution in [-0.2, 0) is 10.1 Å². The molecule has 0 aromatic heterocycles. The summed E-state index contributed by atoms with van der Waals surface area (Å²) >= 11 is 6.65. The Morgan fingerprint density at radius 3 is 2.25 bits per heavy atom. The predicted molar refractivity (Wildman–Crippen MR) is 129 cm³/mol. The highest BCUT2D eigenvalue weighted by Crippen LogP contribution is 2.26. The van der Waals surface area contributed by atoms with Gasteiger partial charge in [0.1, 0.15) is 10.6 Å². The second kappa shape index (κ2) is 10.3. The molecule has 1 amide bonds. The van der Waals surface area contributed by atoms with E-state index in [4.69, 9.17) is 8.92 Å². The molecule has 166 valence electrons. The number of carbonyl (C=O) groups is 1. The number of carbonyl (C=O) groups excluding carboxylic acids is 1. The van der Waals surface area contributed by atoms with E-state index in [1.165, 1.54) is 31.5 Å². The van der Waals surface area contributed by atoms with Gasteiger partial charge >= 0.3 is 10.1 Å². The molecule has 3 aromatic rings. The first-order valence-electron chi connectivity index (χ1n) is 9.17. The topological polar surface area (TPSA) is 94.1 Å². The molecule has 0 atom stereocenters. The summed E-state index contributed by atoms with van der Waals surface area (Å²) in [4.78, 5) is 12.5. The zero-order valence-corrected chi connectivity index (χ0v) is 21.0. The summed E-state index contributed by atoms with van der Waals surface area (Å²) in [7, 11) is -2.59. The van der Waals surface area contributed by atoms with Gasteiger partial charge in [0.15, 0.2) is 5.75 Å². The first-order valence-corrected chi connectivity index (χ1v) is 12.2. The van der Waals surface area contributed by atoms with Crippen molar-refractivity contribution in [3.63, 3.8) is 0 Å². The first kappa shape index (κ1) is 24.0. The van der Waals surface area contributed by atoms with E-state index in [0.717, 1.165) is 5.56 Å². The summed E-state index contributed by atoms with van der Waals surface area (Å²) in [6, 6.07) is 16.1. The van der Waals surface area contributed by atoms with Crippen molar-refractivity contribution in [2.24, 2.45) is 5.10 Å². The fourth-order valence-electron chi connectivity index (χ4n) is 2.65. The lowest BCUT2D eigenvalue weighted by molar-refractivity contribution is 0.0952. The monoisotopic (exact) mass is 580 g/mol. The van der Waals surface area contributed by atoms with Gasteiger partial charge in [-0.1, -0.05) is 49.6 Å². The van der Waals surface area contributed by atoms with Crippen molar-refractivity contribution >= 4 is 54.1 Å². The highest BCUT2D eigenvalue weighted by atomic mass is 79.9. The Morgan fingerprint density at radius 1 is 0.969 bits per heavy atom. The maximum atomic E-state index is 12.7. The quantitative estimate of drug-likeness (QED) is 0.239. The number of halogens is 2. The van der Waals surface area contributed by atoms with Gasteiger partial charge in [-0.15, -0.1) is 0 Å². The van der Waals surface area contributed by atoms with E-state index in [9.17, 15) is 13.2 Å². The number of hydrogen-bond donors (Lipinski definition) is 1. The van der Waals surface area contributed by atoms with Crippen LogP contribution >= 0.6 is 31.9 Å². The number of methoxy groups -OCH3 is 1. The molecule has 0 radical (unpaired) electrons. The SMILES string of the molecule is COc1ccc(Br)cc1C(=O)N/N=C\c1cc(Br)ccc1OS(=O)(=O)c1ccc(C)cc1. The molecule has 0 aliphatic heterocycles. The average Bonchev–Trinajstić information content (AvgIpc) is 2.75. The zero-order valence-electron chi connectivity index (χ0n) is 17.0. The summed E-state index contributed by atoms with van der Waals surface area (Å²) < 4.78 is 37.2. The van der Waals surface area contributed by atoms with Gasteiger partial charge in [0.25, 0.3) is 5.91 Å². The summed E-state index contributed by atoms with van der Waals surface area (Å²) in [6.07, 6.45) is 1.30. The minimum absolute atomic E-state index is 0.0314. The van der Waals surface area contributed by atoms with Gasteiger partial charge in [0.05, 0.1) is 18.9 Å². The molecule has 0 aliphatic rings. The third kappa shape index (κ3) is 5.96. The maximum absolute atomic E-state index is 12.7. The van der Waals surface area contributed by atoms with E-state index in [2.05, 4.69) is 42.4 Å². The number of hydrazone groups is 1. The second-order valence-electron chi connectivity index (χ2n) is 6.58. The summed E-state index contributed by atoms with van der Waals surface area (Å²) in [5.74, 6) is -0.0486. The lowest BCUT2D eigenvalue weighted by Crippen LogP contribution is -2.18. The molecule has 1 N–H and O–H groups in total. The lowest BCUT2D eigenvalue weighted by atomic mass is 10.2. The molecule has 32 heavy (non-hydrogen) atoms. The van der Waals surface area contributed by atoms with Crippen LogP contribution in [0.4, 0.5) is 0 Å². The Kier molecular flexibility index (Phi) is 7.70. The van der Waals surface area contributed by atoms with E-state index in [0.29, 0.717) is 20.3 Å². The molecular formula is C22H18Br2N2O5S. The van der Waals surface area contributed by atoms with Gasteiger partial charge < -0.3 is 8.92 Å². The molecule has 10 heteroatoms. The van der Waals surface area contributed by atoms with Crippen LogP contribution in [0.3, 0.4) is 0 Å². The molecule has 0 aliphatic carbocycles. The second-order valence-corrected chi connectivity index (χ2v) is 9.95. The number of benzene rings is 3. The fraction of sp³-hybridized carbons (Fsp3) is 0.0909. The van der Waals surface area contributed by atoms with E-state index in [-0.39, 0.29) is 16.2 Å². The van der Waals surface area contributed by atoms with Crippen LogP contribution in [-0.4, -0.2) is 27.6 Å². The normalized spacial score (nSPS) is 11.4. The summed E-state index contributed by atoms with van der Waals surface area (Å²) in [5.41, 5.74) is 3.96. The molecule has 0 saturated heterocycles. The van der Waals surface area contributed by atoms with Crippen molar-refractivity contribution in [2.45, 2.75) is 11.8 Å². The Labute approximate surface area is 202 Å². The molecule has 0 heterocycles. The van der Waals surface area contributed by atoms with Gasteiger partial charge in [0.2, 0.25) is 0 Å². The average molecular weight is 582 g/mol. The van der Waals surface area contributed by atoms with Crippen LogP contribution in [0.5, 0.6) is 11.5 Å². The molecule has 3 rings (SSSR count). The van der Waals surface area contributed by atoms with Crippen molar-refractivity contribution in [1.29, 1.82) is 0 Å². The standard InChI is InChI=1S/C22H18Br2N2O5S/c1-14-3-7-18(8-4-14)32(28,29)31-20-9-5-16(23)11-15(20)13-25-26-22(27)19-12-17(24)6-10-21(19)30-2/h3-13H,1-2H3,(H,26,27)/b25-13-. The van der Waals surface area contributed by atoms with Crippen LogP contribution in [0.15, 0.2) is 79.6 Å². The van der Waals surface area contributed by atoms with E-state index in [1.54, 1.807) is 42.5 Å². The van der Waals surface area contributed by atoms with Crippen molar-refractivity contribution in [2.75, 3.05) is 7.11 Å². The number of hydrogen-bond acceptors (Lipinski definition) is 6. The Bertz CT molecular complexity index is 1280. The number of rotatable bonds is 7. The van der Waals surface area contributed by atoms with Gasteiger partial charge in [-0.05, 0) is 55.5 Å². The highest BCUT2D eigenvalue weighted by molar-refractivity contribution is 9.10. The van der Waals surface area contributed by atoms with Gasteiger partial charge in [-0.2, -0.15) is 13.5 Å². The number of aryl methyl sites for hydroxylation is 1. The van der Waals surface area contributed by atoms with E-state index < -0.39 is 16.0 Å². The number of amides is 1. The highest BCUT2D eigenvalue weighted by Gasteiger charge is 2.18. The van der Waals surface area contributed by atoms with E-state index in [1.807, 2.05) is 6.92 Å². The van der Waals surface area contributed by atoms with Crippen molar-refractivity contribution in [1.82, 2.24) is 5.43 Å². The largest absolute Gasteiger partial charge is 0.496 e. The smallest absolute Gasteiger partial charge is 0.339 e. The first-order chi connectivity index (χ1) is 15.2. The molecule has 0 spiro atoms. The molecule has 0 saturated carbocycles. The minimum Gasteiger partial charge on any atom is -0.496 e. The van der Waals surface area contributed by atoms with Crippen molar-refractivity contribution < 1.29 is 22.1 Å². The zero-order chi connectivity index (χ0) is 23.3. The summed E-state index contributed by atoms with van der Waals surface area (Å²) in [5, 5.41) is 3.95. The van der Waals surface area contributed by atoms with Crippen molar-refractivity contribution in [3.8, 4) is 11.5 Å². The molecule has 7 nitrogen and oxygen atoms in total. The third-order valence-corrected chi connectivity index (χ3v) is 6.49. The molecule has 3 aromatic carbocycles. The van der Waals surface area contributed by atoms with E-state index >= 15 is 0 Å². The van der Waals surface area contributed by atoms with Crippen LogP contribution in [0.2, 0.25) is 0 Å². The predicted octanol–water partition coefficient (Wildman–Crippen LogP) is 5.06. The Balaban J connectivity index is 1.82. The van der Waals surface area contributed by atoms with Gasteiger partial charge in [0, 0.05) is 14.5 Å². The molecule has 0 unspecified atom stereocenters. The minimum atomic E-state index is -4.05. The Morgan fingerprint density at radius 2 is 1.59 bits per heavy atom. The van der Waals surface area contributed by atoms with Crippen molar-refractivity contribution in [3.05, 3.63) is 86.3 Å². The van der Waals surface area contributed by atoms with Gasteiger partial charge in [-0.25, -0.2) is 5.43 Å². The lowest BCUT2D eigenvalue weighted by Gasteiger charge is -2.10.